The van der Waals surface area contributed by atoms with E-state index < -0.39 is 11.9 Å². The Labute approximate surface area is 105 Å². The summed E-state index contributed by atoms with van der Waals surface area (Å²) >= 11 is 9.16. The van der Waals surface area contributed by atoms with Gasteiger partial charge in [-0.1, -0.05) is 27.5 Å². The minimum Gasteiger partial charge on any atom is -0.375 e. The molecule has 0 aliphatic carbocycles. The van der Waals surface area contributed by atoms with Gasteiger partial charge in [-0.2, -0.15) is 0 Å². The Morgan fingerprint density at radius 3 is 2.69 bits per heavy atom. The lowest BCUT2D eigenvalue weighted by Crippen LogP contribution is -2.38. The molecule has 0 bridgehead atoms. The molecule has 86 valence electrons. The molecule has 1 rings (SSSR count). The number of nitrogens with two attached hydrogens (primary N) is 1. The predicted molar refractivity (Wildman–Crippen MR) is 65.4 cm³/mol. The lowest BCUT2D eigenvalue weighted by molar-refractivity contribution is -0.118. The average Bonchev–Trinajstić information content (AvgIpc) is 2.15. The van der Waals surface area contributed by atoms with Crippen LogP contribution in [-0.2, 0) is 4.79 Å². The second kappa shape index (κ2) is 5.72. The summed E-state index contributed by atoms with van der Waals surface area (Å²) < 4.78 is 0.838. The third kappa shape index (κ3) is 4.08. The highest BCUT2D eigenvalue weighted by Crippen LogP contribution is 2.25. The minimum atomic E-state index is -0.881. The van der Waals surface area contributed by atoms with Gasteiger partial charge in [-0.3, -0.25) is 10.1 Å². The summed E-state index contributed by atoms with van der Waals surface area (Å²) in [6.45, 7) is -0.0791. The van der Waals surface area contributed by atoms with Crippen molar-refractivity contribution in [3.05, 3.63) is 27.7 Å². The van der Waals surface area contributed by atoms with Crippen molar-refractivity contribution in [2.45, 2.75) is 0 Å². The summed E-state index contributed by atoms with van der Waals surface area (Å²) in [5.74, 6) is -0.522. The van der Waals surface area contributed by atoms with Gasteiger partial charge >= 0.3 is 6.03 Å². The number of urea groups is 1. The number of hydrogen-bond acceptors (Lipinski definition) is 3. The average molecular weight is 307 g/mol. The van der Waals surface area contributed by atoms with Gasteiger partial charge in [0.15, 0.2) is 0 Å². The van der Waals surface area contributed by atoms with Crippen LogP contribution < -0.4 is 16.4 Å². The standard InChI is InChI=1S/C9H9BrClN3O2/c10-5-1-2-7(6(11)3-5)13-4-8(15)14-9(12)16/h1-3,13H,4H2,(H3,12,14,15,16). The second-order valence-corrected chi connectivity index (χ2v) is 4.21. The van der Waals surface area contributed by atoms with E-state index in [0.29, 0.717) is 10.7 Å². The lowest BCUT2D eigenvalue weighted by Gasteiger charge is -2.07. The molecule has 3 amide bonds. The number of carbonyl (C=O) groups excluding carboxylic acids is 2. The zero-order valence-corrected chi connectivity index (χ0v) is 10.4. The number of imide groups is 1. The summed E-state index contributed by atoms with van der Waals surface area (Å²) in [5.41, 5.74) is 5.38. The van der Waals surface area contributed by atoms with E-state index >= 15 is 0 Å². The zero-order chi connectivity index (χ0) is 12.1. The molecule has 1 aromatic carbocycles. The highest BCUT2D eigenvalue weighted by atomic mass is 79.9. The van der Waals surface area contributed by atoms with Crippen LogP contribution in [0.15, 0.2) is 22.7 Å². The molecule has 0 aliphatic rings. The van der Waals surface area contributed by atoms with Crippen LogP contribution >= 0.6 is 27.5 Å². The summed E-state index contributed by atoms with van der Waals surface area (Å²) in [6, 6.07) is 4.30. The smallest absolute Gasteiger partial charge is 0.318 e. The van der Waals surface area contributed by atoms with Gasteiger partial charge in [0.2, 0.25) is 5.91 Å². The molecule has 0 fully saturated rings. The molecule has 0 aliphatic heterocycles. The number of nitrogens with one attached hydrogen (secondary N) is 2. The van der Waals surface area contributed by atoms with Crippen LogP contribution in [0.5, 0.6) is 0 Å². The quantitative estimate of drug-likeness (QED) is 0.795. The van der Waals surface area contributed by atoms with Gasteiger partial charge < -0.3 is 11.1 Å². The normalized spacial score (nSPS) is 9.62. The molecular weight excluding hydrogens is 297 g/mol. The molecule has 5 nitrogen and oxygen atoms in total. The van der Waals surface area contributed by atoms with Gasteiger partial charge in [0, 0.05) is 4.47 Å². The Morgan fingerprint density at radius 1 is 1.44 bits per heavy atom. The second-order valence-electron chi connectivity index (χ2n) is 2.89. The fraction of sp³-hybridized carbons (Fsp3) is 0.111. The molecule has 0 unspecified atom stereocenters. The number of carbonyl (C=O) groups is 2. The van der Waals surface area contributed by atoms with Gasteiger partial charge in [0.25, 0.3) is 0 Å². The number of hydrogen-bond donors (Lipinski definition) is 3. The number of anilines is 1. The molecule has 0 radical (unpaired) electrons. The number of rotatable bonds is 3. The van der Waals surface area contributed by atoms with Crippen molar-refractivity contribution in [3.63, 3.8) is 0 Å². The summed E-state index contributed by atoms with van der Waals surface area (Å²) in [4.78, 5) is 21.4. The molecule has 0 atom stereocenters. The Kier molecular flexibility index (Phi) is 4.57. The molecule has 1 aromatic rings. The first-order valence-electron chi connectivity index (χ1n) is 4.27. The highest BCUT2D eigenvalue weighted by molar-refractivity contribution is 9.10. The summed E-state index contributed by atoms with van der Waals surface area (Å²) in [6.07, 6.45) is 0. The van der Waals surface area contributed by atoms with E-state index in [1.54, 1.807) is 18.2 Å². The Hall–Kier alpha value is -1.27. The van der Waals surface area contributed by atoms with Crippen LogP contribution in [0.1, 0.15) is 0 Å². The molecule has 7 heteroatoms. The first-order chi connectivity index (χ1) is 7.49. The Morgan fingerprint density at radius 2 is 2.12 bits per heavy atom. The van der Waals surface area contributed by atoms with Gasteiger partial charge in [-0.25, -0.2) is 4.79 Å². The first kappa shape index (κ1) is 12.8. The third-order valence-corrected chi connectivity index (χ3v) is 2.44. The monoisotopic (exact) mass is 305 g/mol. The topological polar surface area (TPSA) is 84.2 Å². The van der Waals surface area contributed by atoms with Gasteiger partial charge in [0.05, 0.1) is 17.3 Å². The predicted octanol–water partition coefficient (Wildman–Crippen LogP) is 1.71. The van der Waals surface area contributed by atoms with Crippen molar-refractivity contribution in [1.29, 1.82) is 0 Å². The van der Waals surface area contributed by atoms with E-state index in [-0.39, 0.29) is 6.54 Å². The van der Waals surface area contributed by atoms with E-state index in [1.807, 2.05) is 5.32 Å². The summed E-state index contributed by atoms with van der Waals surface area (Å²) in [7, 11) is 0. The molecular formula is C9H9BrClN3O2. The fourth-order valence-corrected chi connectivity index (χ4v) is 1.73. The maximum atomic E-state index is 11.1. The Balaban J connectivity index is 2.54. The van der Waals surface area contributed by atoms with Gasteiger partial charge in [-0.15, -0.1) is 0 Å². The lowest BCUT2D eigenvalue weighted by atomic mass is 10.3. The fourth-order valence-electron chi connectivity index (χ4n) is 0.990. The number of benzene rings is 1. The number of amides is 3. The van der Waals surface area contributed by atoms with E-state index in [1.165, 1.54) is 0 Å². The number of primary amides is 1. The molecule has 0 saturated heterocycles. The highest BCUT2D eigenvalue weighted by Gasteiger charge is 2.05. The molecule has 16 heavy (non-hydrogen) atoms. The van der Waals surface area contributed by atoms with E-state index in [2.05, 4.69) is 21.2 Å². The van der Waals surface area contributed by atoms with Gasteiger partial charge in [-0.05, 0) is 18.2 Å². The molecule has 0 spiro atoms. The SMILES string of the molecule is NC(=O)NC(=O)CNc1ccc(Br)cc1Cl. The maximum absolute atomic E-state index is 11.1. The molecule has 4 N–H and O–H groups in total. The van der Waals surface area contributed by atoms with E-state index in [4.69, 9.17) is 17.3 Å². The van der Waals surface area contributed by atoms with Crippen LogP contribution in [0, 0.1) is 0 Å². The van der Waals surface area contributed by atoms with Crippen molar-refractivity contribution in [3.8, 4) is 0 Å². The largest absolute Gasteiger partial charge is 0.375 e. The molecule has 0 aromatic heterocycles. The van der Waals surface area contributed by atoms with Crippen LogP contribution in [0.4, 0.5) is 10.5 Å². The maximum Gasteiger partial charge on any atom is 0.318 e. The van der Waals surface area contributed by atoms with E-state index in [9.17, 15) is 9.59 Å². The Bertz CT molecular complexity index is 425. The van der Waals surface area contributed by atoms with Crippen molar-refractivity contribution < 1.29 is 9.59 Å². The third-order valence-electron chi connectivity index (χ3n) is 1.63. The van der Waals surface area contributed by atoms with Gasteiger partial charge in [0.1, 0.15) is 0 Å². The van der Waals surface area contributed by atoms with Crippen LogP contribution in [0.25, 0.3) is 0 Å². The van der Waals surface area contributed by atoms with Crippen LogP contribution in [0.2, 0.25) is 5.02 Å². The number of halogens is 2. The van der Waals surface area contributed by atoms with Crippen molar-refractivity contribution in [1.82, 2.24) is 5.32 Å². The minimum absolute atomic E-state index is 0.0791. The van der Waals surface area contributed by atoms with Crippen molar-refractivity contribution in [2.75, 3.05) is 11.9 Å². The van der Waals surface area contributed by atoms with E-state index in [0.717, 1.165) is 4.47 Å². The molecule has 0 saturated carbocycles. The molecule has 0 heterocycles. The van der Waals surface area contributed by atoms with Crippen molar-refractivity contribution in [2.24, 2.45) is 5.73 Å². The first-order valence-corrected chi connectivity index (χ1v) is 5.44. The van der Waals surface area contributed by atoms with Crippen LogP contribution in [0.3, 0.4) is 0 Å². The van der Waals surface area contributed by atoms with Crippen LogP contribution in [-0.4, -0.2) is 18.5 Å². The summed E-state index contributed by atoms with van der Waals surface area (Å²) in [5, 5.41) is 5.18. The van der Waals surface area contributed by atoms with Crippen molar-refractivity contribution >= 4 is 45.2 Å². The zero-order valence-electron chi connectivity index (χ0n) is 8.09.